The number of rotatable bonds is 6. The highest BCUT2D eigenvalue weighted by atomic mass is 16.5. The summed E-state index contributed by atoms with van der Waals surface area (Å²) in [7, 11) is 0. The minimum atomic E-state index is -0.113. The first-order valence-electron chi connectivity index (χ1n) is 8.51. The third-order valence-electron chi connectivity index (χ3n) is 4.36. The lowest BCUT2D eigenvalue weighted by molar-refractivity contribution is 0.0498. The second kappa shape index (κ2) is 7.62. The molecule has 0 N–H and O–H groups in total. The molecule has 0 unspecified atom stereocenters. The van der Waals surface area contributed by atoms with E-state index < -0.39 is 0 Å². The van der Waals surface area contributed by atoms with Crippen LogP contribution < -0.4 is 0 Å². The third-order valence-corrected chi connectivity index (χ3v) is 4.36. The summed E-state index contributed by atoms with van der Waals surface area (Å²) < 4.78 is 10.9. The molecule has 1 aromatic carbocycles. The van der Waals surface area contributed by atoms with Gasteiger partial charge >= 0.3 is 0 Å². The predicted molar refractivity (Wildman–Crippen MR) is 91.0 cm³/mol. The fraction of sp³-hybridized carbons (Fsp3) is 0.474. The molecule has 1 aromatic heterocycles. The van der Waals surface area contributed by atoms with Crippen molar-refractivity contribution in [2.45, 2.75) is 39.2 Å². The fourth-order valence-corrected chi connectivity index (χ4v) is 2.95. The van der Waals surface area contributed by atoms with E-state index in [1.807, 2.05) is 11.8 Å². The Bertz CT molecular complexity index is 672. The van der Waals surface area contributed by atoms with Crippen LogP contribution in [0.25, 0.3) is 0 Å². The monoisotopic (exact) mass is 328 g/mol. The van der Waals surface area contributed by atoms with Crippen LogP contribution in [0, 0.1) is 13.8 Å². The lowest BCUT2D eigenvalue weighted by atomic mass is 10.1. The molecule has 1 atom stereocenters. The minimum absolute atomic E-state index is 0.113. The van der Waals surface area contributed by atoms with Gasteiger partial charge in [0.2, 0.25) is 5.76 Å². The molecular formula is C19H24N2O3. The molecule has 2 aromatic rings. The Morgan fingerprint density at radius 1 is 1.29 bits per heavy atom. The maximum atomic E-state index is 12.8. The molecule has 1 aliphatic rings. The van der Waals surface area contributed by atoms with E-state index in [0.717, 1.165) is 25.9 Å². The van der Waals surface area contributed by atoms with Crippen LogP contribution in [0.2, 0.25) is 0 Å². The quantitative estimate of drug-likeness (QED) is 0.817. The van der Waals surface area contributed by atoms with Gasteiger partial charge in [-0.2, -0.15) is 0 Å². The van der Waals surface area contributed by atoms with E-state index in [9.17, 15) is 4.79 Å². The first-order valence-corrected chi connectivity index (χ1v) is 8.51. The number of ether oxygens (including phenoxy) is 1. The van der Waals surface area contributed by atoms with Gasteiger partial charge in [-0.3, -0.25) is 4.79 Å². The molecule has 5 heteroatoms. The Balaban J connectivity index is 1.68. The highest BCUT2D eigenvalue weighted by Crippen LogP contribution is 2.16. The standard InChI is InChI=1S/C19H24N2O3/c1-14-5-7-16(8-6-14)9-10-21(13-17-4-3-11-23-17)19(22)18-12-15(2)20-24-18/h5-8,12,17H,3-4,9-11,13H2,1-2H3/t17-/m0/s1. The third kappa shape index (κ3) is 4.23. The first kappa shape index (κ1) is 16.7. The van der Waals surface area contributed by atoms with Gasteiger partial charge in [0.05, 0.1) is 11.8 Å². The van der Waals surface area contributed by atoms with Gasteiger partial charge in [0.1, 0.15) is 0 Å². The van der Waals surface area contributed by atoms with E-state index in [4.69, 9.17) is 9.26 Å². The van der Waals surface area contributed by atoms with Crippen LogP contribution in [0.1, 0.15) is 40.2 Å². The average Bonchev–Trinajstić information content (AvgIpc) is 3.24. The fourth-order valence-electron chi connectivity index (χ4n) is 2.95. The minimum Gasteiger partial charge on any atom is -0.376 e. The Kier molecular flexibility index (Phi) is 5.30. The van der Waals surface area contributed by atoms with Gasteiger partial charge in [0.25, 0.3) is 5.91 Å². The Morgan fingerprint density at radius 3 is 2.71 bits per heavy atom. The molecule has 1 amide bonds. The summed E-state index contributed by atoms with van der Waals surface area (Å²) in [5, 5.41) is 3.83. The molecule has 0 spiro atoms. The van der Waals surface area contributed by atoms with Crippen molar-refractivity contribution in [2.24, 2.45) is 0 Å². The summed E-state index contributed by atoms with van der Waals surface area (Å²) in [6, 6.07) is 10.1. The van der Waals surface area contributed by atoms with Gasteiger partial charge in [-0.25, -0.2) is 0 Å². The number of carbonyl (C=O) groups excluding carboxylic acids is 1. The van der Waals surface area contributed by atoms with Crippen molar-refractivity contribution in [1.82, 2.24) is 10.1 Å². The van der Waals surface area contributed by atoms with Crippen molar-refractivity contribution in [1.29, 1.82) is 0 Å². The number of carbonyl (C=O) groups is 1. The SMILES string of the molecule is Cc1ccc(CCN(C[C@@H]2CCCO2)C(=O)c2cc(C)no2)cc1. The Hall–Kier alpha value is -2.14. The van der Waals surface area contributed by atoms with E-state index in [0.29, 0.717) is 24.5 Å². The number of hydrogen-bond donors (Lipinski definition) is 0. The van der Waals surface area contributed by atoms with Crippen molar-refractivity contribution in [3.8, 4) is 0 Å². The molecule has 0 radical (unpaired) electrons. The van der Waals surface area contributed by atoms with Crippen molar-refractivity contribution in [3.63, 3.8) is 0 Å². The molecule has 2 heterocycles. The van der Waals surface area contributed by atoms with Crippen LogP contribution in [0.15, 0.2) is 34.9 Å². The van der Waals surface area contributed by atoms with Crippen molar-refractivity contribution < 1.29 is 14.1 Å². The maximum absolute atomic E-state index is 12.8. The molecular weight excluding hydrogens is 304 g/mol. The Labute approximate surface area is 142 Å². The molecule has 0 aliphatic carbocycles. The maximum Gasteiger partial charge on any atom is 0.292 e. The van der Waals surface area contributed by atoms with Crippen LogP contribution in [-0.4, -0.2) is 41.8 Å². The summed E-state index contributed by atoms with van der Waals surface area (Å²) in [6.45, 7) is 5.91. The summed E-state index contributed by atoms with van der Waals surface area (Å²) in [5.41, 5.74) is 3.18. The molecule has 5 nitrogen and oxygen atoms in total. The highest BCUT2D eigenvalue weighted by molar-refractivity contribution is 5.91. The van der Waals surface area contributed by atoms with E-state index >= 15 is 0 Å². The van der Waals surface area contributed by atoms with Gasteiger partial charge in [-0.1, -0.05) is 35.0 Å². The van der Waals surface area contributed by atoms with Crippen LogP contribution in [0.4, 0.5) is 0 Å². The predicted octanol–water partition coefficient (Wildman–Crippen LogP) is 3.16. The van der Waals surface area contributed by atoms with Crippen LogP contribution in [0.5, 0.6) is 0 Å². The second-order valence-electron chi connectivity index (χ2n) is 6.45. The molecule has 0 saturated carbocycles. The van der Waals surface area contributed by atoms with Crippen molar-refractivity contribution >= 4 is 5.91 Å². The van der Waals surface area contributed by atoms with Crippen LogP contribution in [-0.2, 0) is 11.2 Å². The summed E-state index contributed by atoms with van der Waals surface area (Å²) in [4.78, 5) is 14.6. The number of hydrogen-bond acceptors (Lipinski definition) is 4. The largest absolute Gasteiger partial charge is 0.376 e. The summed E-state index contributed by atoms with van der Waals surface area (Å²) in [6.07, 6.45) is 3.00. The number of amides is 1. The summed E-state index contributed by atoms with van der Waals surface area (Å²) >= 11 is 0. The normalized spacial score (nSPS) is 17.2. The van der Waals surface area contributed by atoms with Gasteiger partial charge < -0.3 is 14.2 Å². The molecule has 24 heavy (non-hydrogen) atoms. The van der Waals surface area contributed by atoms with Gasteiger partial charge in [0.15, 0.2) is 0 Å². The highest BCUT2D eigenvalue weighted by Gasteiger charge is 2.25. The zero-order chi connectivity index (χ0) is 16.9. The zero-order valence-corrected chi connectivity index (χ0v) is 14.3. The van der Waals surface area contributed by atoms with Gasteiger partial charge in [-0.15, -0.1) is 0 Å². The number of benzene rings is 1. The lowest BCUT2D eigenvalue weighted by Crippen LogP contribution is -2.38. The number of aryl methyl sites for hydroxylation is 2. The summed E-state index contributed by atoms with van der Waals surface area (Å²) in [5.74, 6) is 0.188. The van der Waals surface area contributed by atoms with E-state index in [2.05, 4.69) is 36.3 Å². The second-order valence-corrected chi connectivity index (χ2v) is 6.45. The molecule has 0 bridgehead atoms. The van der Waals surface area contributed by atoms with Crippen LogP contribution in [0.3, 0.4) is 0 Å². The van der Waals surface area contributed by atoms with Gasteiger partial charge in [0, 0.05) is 25.8 Å². The zero-order valence-electron chi connectivity index (χ0n) is 14.3. The topological polar surface area (TPSA) is 55.6 Å². The Morgan fingerprint density at radius 2 is 2.08 bits per heavy atom. The van der Waals surface area contributed by atoms with Crippen molar-refractivity contribution in [2.75, 3.05) is 19.7 Å². The van der Waals surface area contributed by atoms with Crippen molar-refractivity contribution in [3.05, 3.63) is 52.9 Å². The number of aromatic nitrogens is 1. The van der Waals surface area contributed by atoms with E-state index in [-0.39, 0.29) is 12.0 Å². The molecule has 1 aliphatic heterocycles. The number of nitrogens with zero attached hydrogens (tertiary/aromatic N) is 2. The molecule has 1 saturated heterocycles. The smallest absolute Gasteiger partial charge is 0.292 e. The molecule has 3 rings (SSSR count). The average molecular weight is 328 g/mol. The molecule has 1 fully saturated rings. The molecule has 128 valence electrons. The lowest BCUT2D eigenvalue weighted by Gasteiger charge is -2.24. The van der Waals surface area contributed by atoms with Gasteiger partial charge in [-0.05, 0) is 38.7 Å². The first-order chi connectivity index (χ1) is 11.6. The van der Waals surface area contributed by atoms with E-state index in [1.54, 1.807) is 6.07 Å². The van der Waals surface area contributed by atoms with E-state index in [1.165, 1.54) is 11.1 Å². The van der Waals surface area contributed by atoms with Crippen LogP contribution >= 0.6 is 0 Å².